The van der Waals surface area contributed by atoms with Crippen molar-refractivity contribution in [2.24, 2.45) is 0 Å². The zero-order valence-corrected chi connectivity index (χ0v) is 17.8. The first kappa shape index (κ1) is 21.3. The van der Waals surface area contributed by atoms with Crippen molar-refractivity contribution in [3.63, 3.8) is 0 Å². The smallest absolute Gasteiger partial charge is 0.121 e. The largest absolute Gasteiger partial charge is 0.497 e. The van der Waals surface area contributed by atoms with Gasteiger partial charge in [0.05, 0.1) is 17.2 Å². The van der Waals surface area contributed by atoms with E-state index in [4.69, 9.17) is 32.7 Å². The van der Waals surface area contributed by atoms with Crippen LogP contribution >= 0.6 is 23.2 Å². The highest BCUT2D eigenvalue weighted by Crippen LogP contribution is 2.28. The zero-order chi connectivity index (χ0) is 19.8. The molecule has 0 radical (unpaired) electrons. The molecule has 2 aromatic rings. The lowest BCUT2D eigenvalue weighted by atomic mass is 10.1. The zero-order valence-electron chi connectivity index (χ0n) is 16.3. The first-order valence-corrected chi connectivity index (χ1v) is 10.6. The second kappa shape index (κ2) is 10.9. The third-order valence-electron chi connectivity index (χ3n) is 5.06. The van der Waals surface area contributed by atoms with Gasteiger partial charge in [-0.3, -0.25) is 0 Å². The highest BCUT2D eigenvalue weighted by atomic mass is 35.5. The molecule has 0 atom stereocenters. The molecule has 0 unspecified atom stereocenters. The van der Waals surface area contributed by atoms with Gasteiger partial charge < -0.3 is 19.7 Å². The summed E-state index contributed by atoms with van der Waals surface area (Å²) in [5.41, 5.74) is 1.30. The molecule has 0 amide bonds. The quantitative estimate of drug-likeness (QED) is 0.594. The van der Waals surface area contributed by atoms with Crippen molar-refractivity contribution in [2.45, 2.75) is 25.4 Å². The Morgan fingerprint density at radius 2 is 1.82 bits per heavy atom. The summed E-state index contributed by atoms with van der Waals surface area (Å²) >= 11 is 12.0. The van der Waals surface area contributed by atoms with Crippen molar-refractivity contribution < 1.29 is 9.47 Å². The molecule has 152 valence electrons. The number of hydrogen-bond donors (Lipinski definition) is 1. The van der Waals surface area contributed by atoms with Gasteiger partial charge in [-0.2, -0.15) is 0 Å². The molecular weight excluding hydrogens is 395 g/mol. The Morgan fingerprint density at radius 3 is 2.57 bits per heavy atom. The van der Waals surface area contributed by atoms with E-state index in [0.717, 1.165) is 63.5 Å². The maximum absolute atomic E-state index is 6.06. The Bertz CT molecular complexity index is 749. The fourth-order valence-electron chi connectivity index (χ4n) is 3.42. The summed E-state index contributed by atoms with van der Waals surface area (Å²) in [5, 5.41) is 4.64. The van der Waals surface area contributed by atoms with Gasteiger partial charge >= 0.3 is 0 Å². The number of nitrogens with one attached hydrogen (secondary N) is 1. The highest BCUT2D eigenvalue weighted by molar-refractivity contribution is 6.42. The lowest BCUT2D eigenvalue weighted by molar-refractivity contribution is 0.101. The van der Waals surface area contributed by atoms with E-state index in [-0.39, 0.29) is 6.10 Å². The number of hydrogen-bond acceptors (Lipinski definition) is 4. The summed E-state index contributed by atoms with van der Waals surface area (Å²) < 4.78 is 11.3. The molecule has 4 nitrogen and oxygen atoms in total. The molecular formula is C22H28Cl2N2O2. The van der Waals surface area contributed by atoms with Gasteiger partial charge in [-0.1, -0.05) is 35.3 Å². The second-order valence-electron chi connectivity index (χ2n) is 7.09. The third kappa shape index (κ3) is 6.56. The van der Waals surface area contributed by atoms with Crippen molar-refractivity contribution in [3.8, 4) is 11.5 Å². The first-order valence-electron chi connectivity index (χ1n) is 9.82. The fourth-order valence-corrected chi connectivity index (χ4v) is 3.70. The van der Waals surface area contributed by atoms with Crippen molar-refractivity contribution in [2.75, 3.05) is 39.8 Å². The molecule has 1 heterocycles. The Balaban J connectivity index is 1.29. The van der Waals surface area contributed by atoms with Crippen LogP contribution < -0.4 is 14.8 Å². The predicted octanol–water partition coefficient (Wildman–Crippen LogP) is 4.68. The number of likely N-dealkylation sites (tertiary alicyclic amines) is 1. The average molecular weight is 423 g/mol. The molecule has 3 rings (SSSR count). The molecule has 1 aliphatic heterocycles. The van der Waals surface area contributed by atoms with Gasteiger partial charge in [-0.15, -0.1) is 0 Å². The minimum Gasteiger partial charge on any atom is -0.497 e. The van der Waals surface area contributed by atoms with Crippen molar-refractivity contribution in [1.29, 1.82) is 0 Å². The van der Waals surface area contributed by atoms with E-state index >= 15 is 0 Å². The highest BCUT2D eigenvalue weighted by Gasteiger charge is 2.20. The van der Waals surface area contributed by atoms with E-state index in [1.165, 1.54) is 5.56 Å². The minimum absolute atomic E-state index is 0.245. The SMILES string of the molecule is COc1cccc(CCNCCN2CCC(Oc3ccc(Cl)c(Cl)c3)CC2)c1. The molecule has 0 bridgehead atoms. The van der Waals surface area contributed by atoms with Gasteiger partial charge in [0.2, 0.25) is 0 Å². The van der Waals surface area contributed by atoms with E-state index in [2.05, 4.69) is 22.3 Å². The van der Waals surface area contributed by atoms with E-state index in [0.29, 0.717) is 10.0 Å². The lowest BCUT2D eigenvalue weighted by Gasteiger charge is -2.32. The number of methoxy groups -OCH3 is 1. The Labute approximate surface area is 177 Å². The fraction of sp³-hybridized carbons (Fsp3) is 0.455. The number of halogens is 2. The summed E-state index contributed by atoms with van der Waals surface area (Å²) in [6.45, 7) is 5.16. The normalized spacial score (nSPS) is 15.5. The number of ether oxygens (including phenoxy) is 2. The molecule has 6 heteroatoms. The van der Waals surface area contributed by atoms with Crippen LogP contribution in [-0.2, 0) is 6.42 Å². The number of nitrogens with zero attached hydrogens (tertiary/aromatic N) is 1. The summed E-state index contributed by atoms with van der Waals surface area (Å²) in [4.78, 5) is 2.49. The molecule has 2 aromatic carbocycles. The van der Waals surface area contributed by atoms with E-state index in [1.54, 1.807) is 19.2 Å². The van der Waals surface area contributed by atoms with Crippen LogP contribution in [-0.4, -0.2) is 50.8 Å². The lowest BCUT2D eigenvalue weighted by Crippen LogP contribution is -2.41. The molecule has 1 saturated heterocycles. The van der Waals surface area contributed by atoms with Crippen LogP contribution in [0, 0.1) is 0 Å². The molecule has 0 aromatic heterocycles. The van der Waals surface area contributed by atoms with Crippen LogP contribution in [0.4, 0.5) is 0 Å². The van der Waals surface area contributed by atoms with Gasteiger partial charge in [-0.05, 0) is 55.6 Å². The molecule has 1 aliphatic rings. The summed E-state index contributed by atoms with van der Waals surface area (Å²) in [6.07, 6.45) is 3.32. The molecule has 0 spiro atoms. The third-order valence-corrected chi connectivity index (χ3v) is 5.80. The maximum Gasteiger partial charge on any atom is 0.121 e. The topological polar surface area (TPSA) is 33.7 Å². The molecule has 28 heavy (non-hydrogen) atoms. The standard InChI is InChI=1S/C22H28Cl2N2O2/c1-27-19-4-2-3-17(15-19)7-10-25-11-14-26-12-8-18(9-13-26)28-20-5-6-21(23)22(24)16-20/h2-6,15-16,18,25H,7-14H2,1H3. The molecule has 1 fully saturated rings. The Hall–Kier alpha value is -1.46. The van der Waals surface area contributed by atoms with E-state index in [1.807, 2.05) is 18.2 Å². The molecule has 0 aliphatic carbocycles. The number of benzene rings is 2. The van der Waals surface area contributed by atoms with Crippen molar-refractivity contribution >= 4 is 23.2 Å². The Kier molecular flexibility index (Phi) is 8.28. The van der Waals surface area contributed by atoms with Crippen molar-refractivity contribution in [1.82, 2.24) is 10.2 Å². The van der Waals surface area contributed by atoms with Gasteiger partial charge in [0.25, 0.3) is 0 Å². The van der Waals surface area contributed by atoms with Crippen molar-refractivity contribution in [3.05, 3.63) is 58.1 Å². The Morgan fingerprint density at radius 1 is 1.00 bits per heavy atom. The van der Waals surface area contributed by atoms with Crippen LogP contribution in [0.1, 0.15) is 18.4 Å². The van der Waals surface area contributed by atoms with Crippen LogP contribution in [0.25, 0.3) is 0 Å². The van der Waals surface area contributed by atoms with Crippen LogP contribution in [0.5, 0.6) is 11.5 Å². The summed E-state index contributed by atoms with van der Waals surface area (Å²) in [5.74, 6) is 1.72. The number of rotatable bonds is 9. The second-order valence-corrected chi connectivity index (χ2v) is 7.90. The number of piperidine rings is 1. The average Bonchev–Trinajstić information content (AvgIpc) is 2.72. The van der Waals surface area contributed by atoms with Crippen LogP contribution in [0.15, 0.2) is 42.5 Å². The van der Waals surface area contributed by atoms with Crippen LogP contribution in [0.3, 0.4) is 0 Å². The summed E-state index contributed by atoms with van der Waals surface area (Å²) in [6, 6.07) is 13.7. The van der Waals surface area contributed by atoms with Gasteiger partial charge in [-0.25, -0.2) is 0 Å². The first-order chi connectivity index (χ1) is 13.6. The van der Waals surface area contributed by atoms with Gasteiger partial charge in [0.15, 0.2) is 0 Å². The molecule has 1 N–H and O–H groups in total. The summed E-state index contributed by atoms with van der Waals surface area (Å²) in [7, 11) is 1.70. The van der Waals surface area contributed by atoms with E-state index < -0.39 is 0 Å². The van der Waals surface area contributed by atoms with E-state index in [9.17, 15) is 0 Å². The van der Waals surface area contributed by atoms with Gasteiger partial charge in [0.1, 0.15) is 17.6 Å². The van der Waals surface area contributed by atoms with Gasteiger partial charge in [0, 0.05) is 32.2 Å². The monoisotopic (exact) mass is 422 g/mol. The molecule has 0 saturated carbocycles. The maximum atomic E-state index is 6.06. The minimum atomic E-state index is 0.245. The van der Waals surface area contributed by atoms with Crippen LogP contribution in [0.2, 0.25) is 10.0 Å². The predicted molar refractivity (Wildman–Crippen MR) is 116 cm³/mol.